The summed E-state index contributed by atoms with van der Waals surface area (Å²) >= 11 is 0. The fraction of sp³-hybridized carbons (Fsp3) is 0.769. The first-order valence-electron chi connectivity index (χ1n) is 6.94. The van der Waals surface area contributed by atoms with Crippen LogP contribution in [0.25, 0.3) is 0 Å². The molecule has 2 heterocycles. The van der Waals surface area contributed by atoms with Crippen molar-refractivity contribution in [2.45, 2.75) is 32.4 Å². The highest BCUT2D eigenvalue weighted by Gasteiger charge is 2.29. The molecule has 6 heteroatoms. The zero-order valence-corrected chi connectivity index (χ0v) is 11.6. The van der Waals surface area contributed by atoms with Gasteiger partial charge in [0.25, 0.3) is 0 Å². The molecule has 6 nitrogen and oxygen atoms in total. The van der Waals surface area contributed by atoms with Crippen molar-refractivity contribution >= 4 is 5.97 Å². The summed E-state index contributed by atoms with van der Waals surface area (Å²) in [6.07, 6.45) is 4.78. The summed E-state index contributed by atoms with van der Waals surface area (Å²) in [7, 11) is 1.84. The monoisotopic (exact) mass is 266 g/mol. The summed E-state index contributed by atoms with van der Waals surface area (Å²) < 4.78 is 5.07. The minimum Gasteiger partial charge on any atom is -0.466 e. The fourth-order valence-electron chi connectivity index (χ4n) is 2.50. The van der Waals surface area contributed by atoms with Gasteiger partial charge in [-0.1, -0.05) is 0 Å². The van der Waals surface area contributed by atoms with Crippen LogP contribution in [0.5, 0.6) is 0 Å². The molecule has 0 saturated carbocycles. The molecule has 0 radical (unpaired) electrons. The molecule has 2 aliphatic heterocycles. The standard InChI is InChI=1S/C13H22N4O2/c1-3-19-13(18)10-6-8-17(9-7-10)12-5-4-11(14-2)15-16-12/h4,10,12,14H,3,5-9H2,1-2H3. The Hall–Kier alpha value is -1.43. The van der Waals surface area contributed by atoms with E-state index < -0.39 is 0 Å². The lowest BCUT2D eigenvalue weighted by atomic mass is 9.96. The Morgan fingerprint density at radius 3 is 2.79 bits per heavy atom. The van der Waals surface area contributed by atoms with E-state index in [4.69, 9.17) is 4.74 Å². The molecule has 2 aliphatic rings. The van der Waals surface area contributed by atoms with Crippen molar-refractivity contribution in [2.24, 2.45) is 16.1 Å². The maximum atomic E-state index is 11.7. The van der Waals surface area contributed by atoms with Crippen LogP contribution in [-0.4, -0.2) is 43.8 Å². The van der Waals surface area contributed by atoms with Crippen molar-refractivity contribution in [1.29, 1.82) is 0 Å². The predicted molar refractivity (Wildman–Crippen MR) is 71.3 cm³/mol. The lowest BCUT2D eigenvalue weighted by molar-refractivity contribution is -0.149. The highest BCUT2D eigenvalue weighted by Crippen LogP contribution is 2.23. The molecule has 0 amide bonds. The van der Waals surface area contributed by atoms with Crippen LogP contribution in [0, 0.1) is 5.92 Å². The molecule has 19 heavy (non-hydrogen) atoms. The first-order valence-corrected chi connectivity index (χ1v) is 6.94. The average molecular weight is 266 g/mol. The number of rotatable bonds is 4. The predicted octanol–water partition coefficient (Wildman–Crippen LogP) is 1.50. The third-order valence-electron chi connectivity index (χ3n) is 3.65. The first-order chi connectivity index (χ1) is 9.24. The zero-order valence-electron chi connectivity index (χ0n) is 11.6. The number of likely N-dealkylation sites (tertiary alicyclic amines) is 1. The molecule has 0 aromatic carbocycles. The van der Waals surface area contributed by atoms with Gasteiger partial charge in [0.15, 0.2) is 0 Å². The largest absolute Gasteiger partial charge is 0.466 e. The third-order valence-corrected chi connectivity index (χ3v) is 3.65. The number of ether oxygens (including phenoxy) is 1. The molecule has 0 bridgehead atoms. The van der Waals surface area contributed by atoms with Gasteiger partial charge < -0.3 is 10.1 Å². The Labute approximate surface area is 113 Å². The van der Waals surface area contributed by atoms with E-state index in [0.717, 1.165) is 38.2 Å². The number of hydrogen-bond donors (Lipinski definition) is 1. The summed E-state index contributed by atoms with van der Waals surface area (Å²) in [6, 6.07) is 0. The minimum absolute atomic E-state index is 0.0511. The van der Waals surface area contributed by atoms with Gasteiger partial charge in [-0.25, -0.2) is 0 Å². The van der Waals surface area contributed by atoms with Crippen LogP contribution < -0.4 is 5.32 Å². The lowest BCUT2D eigenvalue weighted by Gasteiger charge is -2.34. The van der Waals surface area contributed by atoms with Crippen molar-refractivity contribution in [3.63, 3.8) is 0 Å². The number of esters is 1. The molecule has 1 N–H and O–H groups in total. The maximum absolute atomic E-state index is 11.7. The number of azo groups is 1. The highest BCUT2D eigenvalue weighted by molar-refractivity contribution is 5.72. The first kappa shape index (κ1) is 14.0. The molecule has 1 fully saturated rings. The van der Waals surface area contributed by atoms with Crippen LogP contribution in [0.4, 0.5) is 0 Å². The van der Waals surface area contributed by atoms with E-state index in [1.54, 1.807) is 0 Å². The Balaban J connectivity index is 1.80. The highest BCUT2D eigenvalue weighted by atomic mass is 16.5. The van der Waals surface area contributed by atoms with E-state index >= 15 is 0 Å². The summed E-state index contributed by atoms with van der Waals surface area (Å²) in [5.74, 6) is 0.836. The zero-order chi connectivity index (χ0) is 13.7. The molecule has 106 valence electrons. The van der Waals surface area contributed by atoms with Crippen LogP contribution in [0.3, 0.4) is 0 Å². The van der Waals surface area contributed by atoms with Crippen LogP contribution in [0.2, 0.25) is 0 Å². The van der Waals surface area contributed by atoms with E-state index in [0.29, 0.717) is 6.61 Å². The van der Waals surface area contributed by atoms with Crippen molar-refractivity contribution < 1.29 is 9.53 Å². The molecular weight excluding hydrogens is 244 g/mol. The van der Waals surface area contributed by atoms with Gasteiger partial charge in [-0.2, -0.15) is 5.11 Å². The van der Waals surface area contributed by atoms with Crippen molar-refractivity contribution in [3.05, 3.63) is 11.9 Å². The number of piperidine rings is 1. The van der Waals surface area contributed by atoms with Crippen LogP contribution in [-0.2, 0) is 9.53 Å². The van der Waals surface area contributed by atoms with Gasteiger partial charge in [0.1, 0.15) is 12.0 Å². The minimum atomic E-state index is -0.0511. The number of carbonyl (C=O) groups is 1. The Morgan fingerprint density at radius 1 is 1.53 bits per heavy atom. The number of nitrogens with zero attached hydrogens (tertiary/aromatic N) is 3. The molecule has 1 atom stereocenters. The van der Waals surface area contributed by atoms with E-state index in [2.05, 4.69) is 26.5 Å². The van der Waals surface area contributed by atoms with E-state index in [1.165, 1.54) is 0 Å². The van der Waals surface area contributed by atoms with Gasteiger partial charge in [0, 0.05) is 26.6 Å². The Kier molecular flexibility index (Phi) is 4.90. The smallest absolute Gasteiger partial charge is 0.309 e. The number of hydrogen-bond acceptors (Lipinski definition) is 6. The van der Waals surface area contributed by atoms with Crippen molar-refractivity contribution in [2.75, 3.05) is 26.7 Å². The normalized spacial score (nSPS) is 24.9. The van der Waals surface area contributed by atoms with E-state index in [9.17, 15) is 4.79 Å². The van der Waals surface area contributed by atoms with Crippen LogP contribution >= 0.6 is 0 Å². The average Bonchev–Trinajstić information content (AvgIpc) is 2.48. The molecule has 0 aromatic rings. The molecule has 0 aromatic heterocycles. The van der Waals surface area contributed by atoms with Crippen molar-refractivity contribution in [3.8, 4) is 0 Å². The second-order valence-corrected chi connectivity index (χ2v) is 4.83. The third kappa shape index (κ3) is 3.53. The van der Waals surface area contributed by atoms with Gasteiger partial charge in [0.05, 0.1) is 12.5 Å². The number of carbonyl (C=O) groups excluding carboxylic acids is 1. The molecule has 0 spiro atoms. The summed E-state index contributed by atoms with van der Waals surface area (Å²) in [5, 5.41) is 11.4. The second kappa shape index (κ2) is 6.65. The fourth-order valence-corrected chi connectivity index (χ4v) is 2.50. The van der Waals surface area contributed by atoms with E-state index in [1.807, 2.05) is 14.0 Å². The molecule has 1 saturated heterocycles. The SMILES string of the molecule is CCOC(=O)C1CCN(C2CC=C(NC)N=N2)CC1. The Bertz CT molecular complexity index is 373. The molecular formula is C13H22N4O2. The van der Waals surface area contributed by atoms with Crippen LogP contribution in [0.1, 0.15) is 26.2 Å². The number of nitrogens with one attached hydrogen (secondary N) is 1. The van der Waals surface area contributed by atoms with E-state index in [-0.39, 0.29) is 18.1 Å². The second-order valence-electron chi connectivity index (χ2n) is 4.83. The van der Waals surface area contributed by atoms with Gasteiger partial charge in [-0.05, 0) is 25.8 Å². The maximum Gasteiger partial charge on any atom is 0.309 e. The molecule has 1 unspecified atom stereocenters. The molecule has 0 aliphatic carbocycles. The van der Waals surface area contributed by atoms with Gasteiger partial charge in [-0.3, -0.25) is 9.69 Å². The molecule has 2 rings (SSSR count). The quantitative estimate of drug-likeness (QED) is 0.783. The van der Waals surface area contributed by atoms with Gasteiger partial charge in [-0.15, -0.1) is 5.11 Å². The van der Waals surface area contributed by atoms with Crippen molar-refractivity contribution in [1.82, 2.24) is 10.2 Å². The topological polar surface area (TPSA) is 66.3 Å². The van der Waals surface area contributed by atoms with Crippen LogP contribution in [0.15, 0.2) is 22.1 Å². The van der Waals surface area contributed by atoms with Gasteiger partial charge in [0.2, 0.25) is 0 Å². The lowest BCUT2D eigenvalue weighted by Crippen LogP contribution is -2.42. The van der Waals surface area contributed by atoms with Gasteiger partial charge >= 0.3 is 5.97 Å². The summed E-state index contributed by atoms with van der Waals surface area (Å²) in [6.45, 7) is 4.08. The Morgan fingerprint density at radius 2 is 2.26 bits per heavy atom. The summed E-state index contributed by atoms with van der Waals surface area (Å²) in [5.41, 5.74) is 0. The summed E-state index contributed by atoms with van der Waals surface area (Å²) in [4.78, 5) is 14.0.